The molecule has 2 rings (SSSR count). The smallest absolute Gasteiger partial charge is 0.290 e. The summed E-state index contributed by atoms with van der Waals surface area (Å²) < 4.78 is 12.6. The van der Waals surface area contributed by atoms with Gasteiger partial charge in [0, 0.05) is 25.0 Å². The monoisotopic (exact) mass is 265 g/mol. The van der Waals surface area contributed by atoms with Gasteiger partial charge in [-0.05, 0) is 13.3 Å². The average molecular weight is 265 g/mol. The van der Waals surface area contributed by atoms with Crippen LogP contribution >= 0.6 is 0 Å². The fourth-order valence-corrected chi connectivity index (χ4v) is 1.91. The first kappa shape index (κ1) is 13.5. The molecule has 1 aromatic rings. The largest absolute Gasteiger partial charge is 0.491 e. The van der Waals surface area contributed by atoms with Crippen LogP contribution in [0.5, 0.6) is 0 Å². The lowest BCUT2D eigenvalue weighted by molar-refractivity contribution is -0.123. The maximum Gasteiger partial charge on any atom is 0.290 e. The normalized spacial score (nSPS) is 16.5. The van der Waals surface area contributed by atoms with Crippen LogP contribution in [0.4, 0.5) is 0 Å². The van der Waals surface area contributed by atoms with Crippen molar-refractivity contribution < 1.29 is 14.3 Å². The highest BCUT2D eigenvalue weighted by Crippen LogP contribution is 2.13. The van der Waals surface area contributed by atoms with Gasteiger partial charge >= 0.3 is 0 Å². The highest BCUT2D eigenvalue weighted by atomic mass is 16.6. The van der Waals surface area contributed by atoms with Crippen LogP contribution in [-0.2, 0) is 20.8 Å². The first-order valence-electron chi connectivity index (χ1n) is 6.43. The number of hydrogen-bond donors (Lipinski definition) is 1. The molecule has 0 aromatic carbocycles. The Labute approximate surface area is 112 Å². The second-order valence-electron chi connectivity index (χ2n) is 4.42. The van der Waals surface area contributed by atoms with Gasteiger partial charge in [0.25, 0.3) is 5.91 Å². The Bertz CT molecular complexity index is 454. The van der Waals surface area contributed by atoms with Crippen LogP contribution in [0.2, 0.25) is 0 Å². The average Bonchev–Trinajstić information content (AvgIpc) is 2.91. The molecule has 0 spiro atoms. The summed E-state index contributed by atoms with van der Waals surface area (Å²) in [6, 6.07) is 0.0347. The Morgan fingerprint density at radius 1 is 1.53 bits per heavy atom. The van der Waals surface area contributed by atoms with E-state index in [1.165, 1.54) is 0 Å². The van der Waals surface area contributed by atoms with E-state index >= 15 is 0 Å². The molecule has 1 aromatic heterocycles. The third-order valence-electron chi connectivity index (χ3n) is 2.99. The molecular weight excluding hydrogens is 246 g/mol. The van der Waals surface area contributed by atoms with Crippen molar-refractivity contribution in [1.29, 1.82) is 0 Å². The minimum atomic E-state index is -0.218. The maximum absolute atomic E-state index is 12.1. The predicted octanol–water partition coefficient (Wildman–Crippen LogP) is 1.06. The number of rotatable bonds is 5. The highest BCUT2D eigenvalue weighted by molar-refractivity contribution is 5.92. The Morgan fingerprint density at radius 3 is 2.95 bits per heavy atom. The van der Waals surface area contributed by atoms with Gasteiger partial charge in [-0.25, -0.2) is 4.98 Å². The van der Waals surface area contributed by atoms with E-state index in [2.05, 4.69) is 10.3 Å². The molecule has 0 fully saturated rings. The first-order chi connectivity index (χ1) is 9.20. The van der Waals surface area contributed by atoms with Crippen LogP contribution in [0.1, 0.15) is 20.3 Å². The van der Waals surface area contributed by atoms with Crippen molar-refractivity contribution >= 4 is 5.91 Å². The van der Waals surface area contributed by atoms with Crippen LogP contribution in [0, 0.1) is 0 Å². The summed E-state index contributed by atoms with van der Waals surface area (Å²) in [5.41, 5.74) is 0. The van der Waals surface area contributed by atoms with Gasteiger partial charge in [-0.3, -0.25) is 4.79 Å². The van der Waals surface area contributed by atoms with E-state index in [0.29, 0.717) is 25.5 Å². The van der Waals surface area contributed by atoms with Crippen molar-refractivity contribution in [3.8, 4) is 0 Å². The second kappa shape index (κ2) is 6.26. The number of amides is 1. The Kier molecular flexibility index (Phi) is 4.43. The van der Waals surface area contributed by atoms with E-state index in [4.69, 9.17) is 9.47 Å². The van der Waals surface area contributed by atoms with E-state index < -0.39 is 0 Å². The highest BCUT2D eigenvalue weighted by Gasteiger charge is 2.22. The number of imidazole rings is 1. The topological polar surface area (TPSA) is 65.4 Å². The lowest BCUT2D eigenvalue weighted by Crippen LogP contribution is -2.39. The molecule has 0 radical (unpaired) electrons. The van der Waals surface area contributed by atoms with E-state index in [1.807, 2.05) is 17.7 Å². The molecule has 6 nitrogen and oxygen atoms in total. The van der Waals surface area contributed by atoms with Gasteiger partial charge in [0.2, 0.25) is 5.76 Å². The van der Waals surface area contributed by atoms with Crippen molar-refractivity contribution in [1.82, 2.24) is 14.9 Å². The molecule has 1 N–H and O–H groups in total. The van der Waals surface area contributed by atoms with Crippen LogP contribution in [0.3, 0.4) is 0 Å². The molecule has 1 aliphatic heterocycles. The van der Waals surface area contributed by atoms with E-state index in [0.717, 1.165) is 6.42 Å². The Balaban J connectivity index is 1.96. The summed E-state index contributed by atoms with van der Waals surface area (Å²) in [7, 11) is 0. The number of nitrogens with one attached hydrogen (secondary N) is 1. The van der Waals surface area contributed by atoms with Gasteiger partial charge < -0.3 is 19.4 Å². The third kappa shape index (κ3) is 3.49. The molecule has 1 aliphatic rings. The first-order valence-corrected chi connectivity index (χ1v) is 6.43. The Hall–Kier alpha value is -1.98. The van der Waals surface area contributed by atoms with Gasteiger partial charge in [0.1, 0.15) is 19.0 Å². The summed E-state index contributed by atoms with van der Waals surface area (Å²) in [5, 5.41) is 2.95. The van der Waals surface area contributed by atoms with E-state index in [1.54, 1.807) is 19.4 Å². The number of carbonyl (C=O) groups is 1. The zero-order valence-electron chi connectivity index (χ0n) is 11.3. The number of ether oxygens (including phenoxy) is 2. The van der Waals surface area contributed by atoms with Crippen LogP contribution in [0.15, 0.2) is 30.2 Å². The summed E-state index contributed by atoms with van der Waals surface area (Å²) in [4.78, 5) is 16.1. The fourth-order valence-electron chi connectivity index (χ4n) is 1.91. The molecule has 1 atom stereocenters. The van der Waals surface area contributed by atoms with Crippen molar-refractivity contribution in [2.75, 3.05) is 13.2 Å². The van der Waals surface area contributed by atoms with E-state index in [9.17, 15) is 4.79 Å². The number of allylic oxidation sites excluding steroid dienone is 1. The van der Waals surface area contributed by atoms with Gasteiger partial charge in [0.05, 0.1) is 6.33 Å². The molecule has 0 aliphatic carbocycles. The van der Waals surface area contributed by atoms with Gasteiger partial charge in [0.15, 0.2) is 0 Å². The molecule has 0 bridgehead atoms. The molecule has 0 saturated heterocycles. The van der Waals surface area contributed by atoms with Crippen molar-refractivity contribution in [2.45, 2.75) is 32.9 Å². The SMILES string of the molecule is CCC(Cn1ccnc1)NC(=O)C1=C(C)OCCO1. The molecule has 0 saturated carbocycles. The molecule has 1 unspecified atom stereocenters. The number of nitrogens with zero attached hydrogens (tertiary/aromatic N) is 2. The number of hydrogen-bond acceptors (Lipinski definition) is 4. The molecule has 6 heteroatoms. The molecular formula is C13H19N3O3. The van der Waals surface area contributed by atoms with Crippen molar-refractivity contribution in [3.63, 3.8) is 0 Å². The van der Waals surface area contributed by atoms with Gasteiger partial charge in [-0.2, -0.15) is 0 Å². The zero-order valence-corrected chi connectivity index (χ0v) is 11.3. The third-order valence-corrected chi connectivity index (χ3v) is 2.99. The van der Waals surface area contributed by atoms with Crippen LogP contribution in [-0.4, -0.2) is 34.7 Å². The molecule has 2 heterocycles. The molecule has 1 amide bonds. The van der Waals surface area contributed by atoms with Crippen molar-refractivity contribution in [3.05, 3.63) is 30.2 Å². The zero-order chi connectivity index (χ0) is 13.7. The van der Waals surface area contributed by atoms with Gasteiger partial charge in [-0.15, -0.1) is 0 Å². The summed E-state index contributed by atoms with van der Waals surface area (Å²) in [6.45, 7) is 5.37. The van der Waals surface area contributed by atoms with Gasteiger partial charge in [-0.1, -0.05) is 6.92 Å². The lowest BCUT2D eigenvalue weighted by atomic mass is 10.2. The quantitative estimate of drug-likeness (QED) is 0.864. The summed E-state index contributed by atoms with van der Waals surface area (Å²) in [5.74, 6) is 0.612. The molecule has 104 valence electrons. The summed E-state index contributed by atoms with van der Waals surface area (Å²) >= 11 is 0. The molecule has 19 heavy (non-hydrogen) atoms. The lowest BCUT2D eigenvalue weighted by Gasteiger charge is -2.22. The van der Waals surface area contributed by atoms with Crippen LogP contribution in [0.25, 0.3) is 0 Å². The standard InChI is InChI=1S/C13H19N3O3/c1-3-11(8-16-5-4-14-9-16)15-13(17)12-10(2)18-6-7-19-12/h4-5,9,11H,3,6-8H2,1-2H3,(H,15,17). The summed E-state index contributed by atoms with van der Waals surface area (Å²) in [6.07, 6.45) is 6.16. The second-order valence-corrected chi connectivity index (χ2v) is 4.42. The maximum atomic E-state index is 12.1. The fraction of sp³-hybridized carbons (Fsp3) is 0.538. The minimum Gasteiger partial charge on any atom is -0.491 e. The number of carbonyl (C=O) groups excluding carboxylic acids is 1. The van der Waals surface area contributed by atoms with Crippen molar-refractivity contribution in [2.24, 2.45) is 0 Å². The Morgan fingerprint density at radius 2 is 2.32 bits per heavy atom. The predicted molar refractivity (Wildman–Crippen MR) is 69.1 cm³/mol. The minimum absolute atomic E-state index is 0.0347. The number of aromatic nitrogens is 2. The van der Waals surface area contributed by atoms with Crippen LogP contribution < -0.4 is 5.32 Å². The van der Waals surface area contributed by atoms with E-state index in [-0.39, 0.29) is 17.7 Å².